The molecule has 4 aromatic rings. The van der Waals surface area contributed by atoms with Gasteiger partial charge in [0.05, 0.1) is 24.4 Å². The summed E-state index contributed by atoms with van der Waals surface area (Å²) in [6.45, 7) is 18.7. The SMILES string of the molecule is CC(=O)O[C@@H]1[C@@H](C)O[C@H](O[C@@H]2[C@@H](C)O[C@H](O)C[C@H]2O[Si](c2ccccc2)(c2ccccc2)C(C)(C)C)C[C@H]1O[Si](c1ccccc1)(c1ccccc1)C(C)(C)C. The molecule has 4 aromatic carbocycles. The second kappa shape index (κ2) is 17.2. The Morgan fingerprint density at radius 3 is 1.30 bits per heavy atom. The van der Waals surface area contributed by atoms with Crippen molar-refractivity contribution in [3.05, 3.63) is 121 Å². The molecule has 10 heteroatoms. The first-order valence-electron chi connectivity index (χ1n) is 20.0. The van der Waals surface area contributed by atoms with Crippen LogP contribution in [0.1, 0.15) is 75.2 Å². The zero-order valence-electron chi connectivity index (χ0n) is 34.4. The molecule has 0 radical (unpaired) electrons. The molecule has 0 aliphatic carbocycles. The lowest BCUT2D eigenvalue weighted by molar-refractivity contribution is -0.304. The Hall–Kier alpha value is -3.46. The number of hydrogen-bond donors (Lipinski definition) is 1. The molecule has 300 valence electrons. The minimum absolute atomic E-state index is 0.222. The van der Waals surface area contributed by atoms with Gasteiger partial charge in [-0.3, -0.25) is 4.79 Å². The Balaban J connectivity index is 1.39. The van der Waals surface area contributed by atoms with Crippen molar-refractivity contribution in [2.45, 2.75) is 134 Å². The number of hydrogen-bond acceptors (Lipinski definition) is 8. The van der Waals surface area contributed by atoms with Gasteiger partial charge in [0.2, 0.25) is 0 Å². The molecule has 2 fully saturated rings. The number of aliphatic hydroxyl groups excluding tert-OH is 1. The van der Waals surface area contributed by atoms with E-state index in [1.54, 1.807) is 0 Å². The van der Waals surface area contributed by atoms with Crippen LogP contribution < -0.4 is 20.7 Å². The zero-order valence-corrected chi connectivity index (χ0v) is 36.4. The van der Waals surface area contributed by atoms with Crippen molar-refractivity contribution in [2.75, 3.05) is 0 Å². The Morgan fingerprint density at radius 1 is 0.589 bits per heavy atom. The van der Waals surface area contributed by atoms with Gasteiger partial charge >= 0.3 is 5.97 Å². The van der Waals surface area contributed by atoms with E-state index in [0.717, 1.165) is 20.7 Å². The fourth-order valence-electron chi connectivity index (χ4n) is 8.91. The lowest BCUT2D eigenvalue weighted by Gasteiger charge is -2.51. The molecule has 0 saturated carbocycles. The highest BCUT2D eigenvalue weighted by atomic mass is 28.4. The molecule has 1 N–H and O–H groups in total. The maximum absolute atomic E-state index is 12.7. The molecule has 2 heterocycles. The molecule has 0 spiro atoms. The van der Waals surface area contributed by atoms with E-state index in [-0.39, 0.29) is 16.5 Å². The summed E-state index contributed by atoms with van der Waals surface area (Å²) in [5.74, 6) is -0.400. The van der Waals surface area contributed by atoms with Crippen LogP contribution in [-0.4, -0.2) is 76.9 Å². The number of rotatable bonds is 11. The van der Waals surface area contributed by atoms with E-state index in [1.165, 1.54) is 6.92 Å². The van der Waals surface area contributed by atoms with Gasteiger partial charge in [-0.25, -0.2) is 0 Å². The topological polar surface area (TPSA) is 92.7 Å². The lowest BCUT2D eigenvalue weighted by atomic mass is 10.0. The molecule has 6 rings (SSSR count). The van der Waals surface area contributed by atoms with Gasteiger partial charge in [0, 0.05) is 19.8 Å². The molecule has 0 amide bonds. The normalized spacial score (nSPS) is 26.4. The second-order valence-electron chi connectivity index (χ2n) is 17.4. The number of aliphatic hydroxyl groups is 1. The fraction of sp³-hybridized carbons (Fsp3) is 0.457. The van der Waals surface area contributed by atoms with Gasteiger partial charge in [-0.2, -0.15) is 0 Å². The maximum Gasteiger partial charge on any atom is 0.303 e. The van der Waals surface area contributed by atoms with Crippen molar-refractivity contribution in [2.24, 2.45) is 0 Å². The first-order chi connectivity index (χ1) is 26.6. The Kier molecular flexibility index (Phi) is 12.9. The van der Waals surface area contributed by atoms with Gasteiger partial charge in [0.1, 0.15) is 6.10 Å². The van der Waals surface area contributed by atoms with Crippen LogP contribution >= 0.6 is 0 Å². The van der Waals surface area contributed by atoms with Gasteiger partial charge in [-0.15, -0.1) is 0 Å². The van der Waals surface area contributed by atoms with Crippen LogP contribution in [0.15, 0.2) is 121 Å². The Labute approximate surface area is 335 Å². The molecule has 56 heavy (non-hydrogen) atoms. The monoisotopic (exact) mass is 796 g/mol. The molecule has 0 unspecified atom stereocenters. The summed E-state index contributed by atoms with van der Waals surface area (Å²) in [6, 6.07) is 41.8. The fourth-order valence-corrected chi connectivity index (χ4v) is 18.3. The van der Waals surface area contributed by atoms with Crippen molar-refractivity contribution in [3.8, 4) is 0 Å². The third kappa shape index (κ3) is 8.54. The van der Waals surface area contributed by atoms with Gasteiger partial charge in [0.15, 0.2) is 18.7 Å². The van der Waals surface area contributed by atoms with Gasteiger partial charge in [0.25, 0.3) is 16.6 Å². The lowest BCUT2D eigenvalue weighted by Crippen LogP contribution is -2.70. The third-order valence-corrected chi connectivity index (χ3v) is 21.5. The van der Waals surface area contributed by atoms with Gasteiger partial charge in [-0.1, -0.05) is 163 Å². The van der Waals surface area contributed by atoms with Crippen LogP contribution in [0.25, 0.3) is 0 Å². The zero-order chi connectivity index (χ0) is 40.3. The summed E-state index contributed by atoms with van der Waals surface area (Å²) in [5, 5.41) is 15.0. The standard InChI is InChI=1S/C46H60O8Si2/c1-32-44(39(30-41(48)49-32)53-55(45(4,5)6,35-22-14-10-15-23-35)36-24-16-11-17-25-36)52-42-31-40(43(33(2)50-42)51-34(3)47)54-56(46(7,8)9,37-26-18-12-19-27-37)38-28-20-13-21-29-38/h10-29,32-33,39-44,48H,30-31H2,1-9H3/t32-,33-,39-,40-,41+,42-,43-,44-/m1/s1. The Morgan fingerprint density at radius 2 is 0.946 bits per heavy atom. The summed E-state index contributed by atoms with van der Waals surface area (Å²) in [5.41, 5.74) is 0. The number of carbonyl (C=O) groups is 1. The number of ether oxygens (including phenoxy) is 4. The first-order valence-corrected chi connectivity index (χ1v) is 23.8. The predicted octanol–water partition coefficient (Wildman–Crippen LogP) is 6.46. The average Bonchev–Trinajstić information content (AvgIpc) is 3.15. The van der Waals surface area contributed by atoms with Crippen LogP contribution in [-0.2, 0) is 32.6 Å². The van der Waals surface area contributed by atoms with Crippen molar-refractivity contribution in [1.82, 2.24) is 0 Å². The van der Waals surface area contributed by atoms with E-state index in [0.29, 0.717) is 6.42 Å². The molecule has 0 bridgehead atoms. The van der Waals surface area contributed by atoms with E-state index in [2.05, 4.69) is 139 Å². The Bertz CT molecular complexity index is 1770. The van der Waals surface area contributed by atoms with Gasteiger partial charge in [-0.05, 0) is 44.7 Å². The van der Waals surface area contributed by atoms with E-state index in [9.17, 15) is 9.90 Å². The summed E-state index contributed by atoms with van der Waals surface area (Å²) < 4.78 is 41.0. The summed E-state index contributed by atoms with van der Waals surface area (Å²) in [7, 11) is -6.14. The molecular formula is C46H60O8Si2. The average molecular weight is 797 g/mol. The molecular weight excluding hydrogens is 737 g/mol. The van der Waals surface area contributed by atoms with Gasteiger partial charge < -0.3 is 32.9 Å². The smallest absolute Gasteiger partial charge is 0.303 e. The van der Waals surface area contributed by atoms with Crippen molar-refractivity contribution < 1.29 is 37.7 Å². The highest BCUT2D eigenvalue weighted by Gasteiger charge is 2.56. The third-order valence-electron chi connectivity index (χ3n) is 11.4. The molecule has 2 aliphatic rings. The van der Waals surface area contributed by atoms with Crippen molar-refractivity contribution in [1.29, 1.82) is 0 Å². The summed E-state index contributed by atoms with van der Waals surface area (Å²) in [6.07, 6.45) is -4.73. The number of esters is 1. The molecule has 8 nitrogen and oxygen atoms in total. The highest BCUT2D eigenvalue weighted by Crippen LogP contribution is 2.42. The minimum atomic E-state index is -3.08. The van der Waals surface area contributed by atoms with Crippen LogP contribution in [0.5, 0.6) is 0 Å². The van der Waals surface area contributed by atoms with Crippen molar-refractivity contribution >= 4 is 43.4 Å². The van der Waals surface area contributed by atoms with E-state index >= 15 is 0 Å². The quantitative estimate of drug-likeness (QED) is 0.137. The van der Waals surface area contributed by atoms with Crippen LogP contribution in [0, 0.1) is 0 Å². The number of benzene rings is 4. The number of carbonyl (C=O) groups excluding carboxylic acids is 1. The van der Waals surface area contributed by atoms with Crippen LogP contribution in [0.2, 0.25) is 10.1 Å². The molecule has 8 atom stereocenters. The van der Waals surface area contributed by atoms with Crippen LogP contribution in [0.4, 0.5) is 0 Å². The largest absolute Gasteiger partial charge is 0.457 e. The second-order valence-corrected chi connectivity index (χ2v) is 25.9. The predicted molar refractivity (Wildman–Crippen MR) is 226 cm³/mol. The molecule has 2 aliphatic heterocycles. The highest BCUT2D eigenvalue weighted by molar-refractivity contribution is 7.00. The summed E-state index contributed by atoms with van der Waals surface area (Å²) in [4.78, 5) is 12.7. The maximum atomic E-state index is 12.7. The van der Waals surface area contributed by atoms with E-state index in [1.807, 2.05) is 38.1 Å². The van der Waals surface area contributed by atoms with E-state index in [4.69, 9.17) is 27.8 Å². The van der Waals surface area contributed by atoms with E-state index < -0.39 is 71.8 Å². The first kappa shape index (κ1) is 42.2. The molecule has 0 aromatic heterocycles. The minimum Gasteiger partial charge on any atom is -0.457 e. The van der Waals surface area contributed by atoms with Crippen LogP contribution in [0.3, 0.4) is 0 Å². The summed E-state index contributed by atoms with van der Waals surface area (Å²) >= 11 is 0. The molecule has 2 saturated heterocycles. The van der Waals surface area contributed by atoms with Crippen molar-refractivity contribution in [3.63, 3.8) is 0 Å².